The molecule has 2 N–H and O–H groups in total. The topological polar surface area (TPSA) is 44.5 Å². The molecule has 1 aliphatic heterocycles. The zero-order valence-corrected chi connectivity index (χ0v) is 14.1. The van der Waals surface area contributed by atoms with Crippen molar-refractivity contribution in [2.45, 2.75) is 35.6 Å². The fourth-order valence-corrected chi connectivity index (χ4v) is 5.33. The van der Waals surface area contributed by atoms with Crippen LogP contribution in [0.3, 0.4) is 0 Å². The molecule has 0 radical (unpaired) electrons. The molecule has 4 atom stereocenters. The van der Waals surface area contributed by atoms with Gasteiger partial charge in [0.25, 0.3) is 0 Å². The quantitative estimate of drug-likeness (QED) is 0.923. The highest BCUT2D eigenvalue weighted by Gasteiger charge is 2.31. The Morgan fingerprint density at radius 1 is 1.20 bits per heavy atom. The molecular weight excluding hydrogens is 290 g/mol. The predicted octanol–water partition coefficient (Wildman–Crippen LogP) is 3.33. The first kappa shape index (κ1) is 15.9. The third-order valence-electron chi connectivity index (χ3n) is 3.77. The summed E-state index contributed by atoms with van der Waals surface area (Å²) in [5.74, 6) is 2.70. The van der Waals surface area contributed by atoms with Crippen LogP contribution in [0.4, 0.5) is 0 Å². The van der Waals surface area contributed by atoms with Crippen LogP contribution in [-0.4, -0.2) is 35.7 Å². The fraction of sp³-hybridized carbons (Fsp3) is 0.600. The molecule has 1 aliphatic rings. The van der Waals surface area contributed by atoms with Crippen molar-refractivity contribution >= 4 is 23.5 Å². The standard InChI is InChI=1S/C15H23NO2S2/c1-9-10(2)20-14(8-19-9)15(16)12-6-5-11(17-3)7-13(12)18-4/h5-7,9-10,14-15H,8,16H2,1-4H3. The minimum Gasteiger partial charge on any atom is -0.497 e. The largest absolute Gasteiger partial charge is 0.497 e. The third-order valence-corrected chi connectivity index (χ3v) is 7.29. The van der Waals surface area contributed by atoms with E-state index in [2.05, 4.69) is 13.8 Å². The van der Waals surface area contributed by atoms with Crippen LogP contribution in [0.2, 0.25) is 0 Å². The highest BCUT2D eigenvalue weighted by Crippen LogP contribution is 2.42. The van der Waals surface area contributed by atoms with E-state index in [0.717, 1.165) is 22.8 Å². The van der Waals surface area contributed by atoms with Crippen molar-refractivity contribution in [3.63, 3.8) is 0 Å². The summed E-state index contributed by atoms with van der Waals surface area (Å²) in [6, 6.07) is 5.87. The Bertz CT molecular complexity index is 455. The molecule has 2 rings (SSSR count). The number of thioether (sulfide) groups is 2. The fourth-order valence-electron chi connectivity index (χ4n) is 2.29. The average molecular weight is 313 g/mol. The van der Waals surface area contributed by atoms with Crippen molar-refractivity contribution in [3.8, 4) is 11.5 Å². The van der Waals surface area contributed by atoms with Crippen LogP contribution in [0, 0.1) is 0 Å². The first-order valence-corrected chi connectivity index (χ1v) is 8.80. The molecule has 3 nitrogen and oxygen atoms in total. The van der Waals surface area contributed by atoms with E-state index in [1.165, 1.54) is 0 Å². The Hall–Kier alpha value is -0.520. The lowest BCUT2D eigenvalue weighted by Crippen LogP contribution is -2.34. The van der Waals surface area contributed by atoms with Gasteiger partial charge in [0.2, 0.25) is 0 Å². The maximum Gasteiger partial charge on any atom is 0.127 e. The molecule has 4 unspecified atom stereocenters. The van der Waals surface area contributed by atoms with E-state index < -0.39 is 0 Å². The highest BCUT2D eigenvalue weighted by atomic mass is 32.2. The van der Waals surface area contributed by atoms with Gasteiger partial charge in [-0.1, -0.05) is 19.9 Å². The number of benzene rings is 1. The van der Waals surface area contributed by atoms with Gasteiger partial charge in [0.15, 0.2) is 0 Å². The lowest BCUT2D eigenvalue weighted by molar-refractivity contribution is 0.388. The van der Waals surface area contributed by atoms with Gasteiger partial charge in [0.05, 0.1) is 14.2 Å². The Balaban J connectivity index is 2.18. The van der Waals surface area contributed by atoms with Gasteiger partial charge in [0, 0.05) is 39.2 Å². The summed E-state index contributed by atoms with van der Waals surface area (Å²) < 4.78 is 10.7. The minimum absolute atomic E-state index is 0.0108. The minimum atomic E-state index is -0.0108. The van der Waals surface area contributed by atoms with Crippen LogP contribution >= 0.6 is 23.5 Å². The zero-order chi connectivity index (χ0) is 14.7. The van der Waals surface area contributed by atoms with E-state index in [4.69, 9.17) is 15.2 Å². The van der Waals surface area contributed by atoms with E-state index in [9.17, 15) is 0 Å². The number of rotatable bonds is 4. The number of methoxy groups -OCH3 is 2. The van der Waals surface area contributed by atoms with Gasteiger partial charge < -0.3 is 15.2 Å². The summed E-state index contributed by atoms with van der Waals surface area (Å²) in [6.45, 7) is 4.57. The summed E-state index contributed by atoms with van der Waals surface area (Å²) in [5, 5.41) is 1.75. The molecule has 0 amide bonds. The summed E-state index contributed by atoms with van der Waals surface area (Å²) >= 11 is 4.01. The van der Waals surface area contributed by atoms with Crippen LogP contribution in [0.25, 0.3) is 0 Å². The average Bonchev–Trinajstić information content (AvgIpc) is 2.48. The molecule has 0 aromatic heterocycles. The van der Waals surface area contributed by atoms with Crippen LogP contribution in [0.5, 0.6) is 11.5 Å². The molecule has 0 bridgehead atoms. The second kappa shape index (κ2) is 6.96. The maximum atomic E-state index is 6.49. The lowest BCUT2D eigenvalue weighted by Gasteiger charge is -2.35. The molecule has 0 spiro atoms. The zero-order valence-electron chi connectivity index (χ0n) is 12.5. The van der Waals surface area contributed by atoms with Crippen LogP contribution in [0.1, 0.15) is 25.5 Å². The Morgan fingerprint density at radius 2 is 1.95 bits per heavy atom. The second-order valence-corrected chi connectivity index (χ2v) is 8.08. The van der Waals surface area contributed by atoms with Crippen LogP contribution < -0.4 is 15.2 Å². The molecule has 0 saturated carbocycles. The first-order chi connectivity index (χ1) is 9.56. The molecule has 1 heterocycles. The normalized spacial score (nSPS) is 27.9. The Kier molecular flexibility index (Phi) is 5.52. The van der Waals surface area contributed by atoms with Gasteiger partial charge in [-0.3, -0.25) is 0 Å². The molecule has 112 valence electrons. The molecule has 20 heavy (non-hydrogen) atoms. The van der Waals surface area contributed by atoms with Crippen molar-refractivity contribution in [2.75, 3.05) is 20.0 Å². The van der Waals surface area contributed by atoms with Gasteiger partial charge in [-0.05, 0) is 6.07 Å². The maximum absolute atomic E-state index is 6.49. The van der Waals surface area contributed by atoms with Crippen molar-refractivity contribution in [1.82, 2.24) is 0 Å². The number of hydrogen-bond donors (Lipinski definition) is 1. The van der Waals surface area contributed by atoms with Crippen molar-refractivity contribution in [3.05, 3.63) is 23.8 Å². The van der Waals surface area contributed by atoms with E-state index in [0.29, 0.717) is 15.7 Å². The summed E-state index contributed by atoms with van der Waals surface area (Å²) in [6.07, 6.45) is 0. The number of nitrogens with two attached hydrogens (primary N) is 1. The van der Waals surface area contributed by atoms with Crippen LogP contribution in [0.15, 0.2) is 18.2 Å². The van der Waals surface area contributed by atoms with Crippen molar-refractivity contribution in [2.24, 2.45) is 5.73 Å². The van der Waals surface area contributed by atoms with Gasteiger partial charge in [-0.15, -0.1) is 0 Å². The van der Waals surface area contributed by atoms with Gasteiger partial charge >= 0.3 is 0 Å². The number of ether oxygens (including phenoxy) is 2. The monoisotopic (exact) mass is 313 g/mol. The smallest absolute Gasteiger partial charge is 0.127 e. The molecule has 0 aliphatic carbocycles. The molecular formula is C15H23NO2S2. The second-order valence-electron chi connectivity index (χ2n) is 5.05. The SMILES string of the molecule is COc1ccc(C(N)C2CSC(C)C(C)S2)c(OC)c1. The molecule has 1 aromatic carbocycles. The van der Waals surface area contributed by atoms with E-state index >= 15 is 0 Å². The van der Waals surface area contributed by atoms with Gasteiger partial charge in [0.1, 0.15) is 11.5 Å². The van der Waals surface area contributed by atoms with Crippen LogP contribution in [-0.2, 0) is 0 Å². The summed E-state index contributed by atoms with van der Waals surface area (Å²) in [7, 11) is 3.34. The van der Waals surface area contributed by atoms with E-state index in [1.807, 2.05) is 41.7 Å². The van der Waals surface area contributed by atoms with Gasteiger partial charge in [-0.25, -0.2) is 0 Å². The molecule has 1 saturated heterocycles. The van der Waals surface area contributed by atoms with E-state index in [1.54, 1.807) is 14.2 Å². The molecule has 1 aromatic rings. The third kappa shape index (κ3) is 3.38. The van der Waals surface area contributed by atoms with E-state index in [-0.39, 0.29) is 6.04 Å². The first-order valence-electron chi connectivity index (χ1n) is 6.81. The number of hydrogen-bond acceptors (Lipinski definition) is 5. The Morgan fingerprint density at radius 3 is 2.55 bits per heavy atom. The van der Waals surface area contributed by atoms with Crippen molar-refractivity contribution in [1.29, 1.82) is 0 Å². The predicted molar refractivity (Wildman–Crippen MR) is 89.2 cm³/mol. The summed E-state index contributed by atoms with van der Waals surface area (Å²) in [5.41, 5.74) is 7.55. The van der Waals surface area contributed by atoms with Crippen molar-refractivity contribution < 1.29 is 9.47 Å². The molecule has 1 fully saturated rings. The Labute approximate surface area is 130 Å². The molecule has 5 heteroatoms. The van der Waals surface area contributed by atoms with Gasteiger partial charge in [-0.2, -0.15) is 23.5 Å². The summed E-state index contributed by atoms with van der Waals surface area (Å²) in [4.78, 5) is 0. The highest BCUT2D eigenvalue weighted by molar-refractivity contribution is 8.07. The lowest BCUT2D eigenvalue weighted by atomic mass is 10.0.